The largest absolute Gasteiger partial charge is 0.444 e. The summed E-state index contributed by atoms with van der Waals surface area (Å²) in [5.74, 6) is -0.284. The second kappa shape index (κ2) is 6.81. The number of nitrogens with zero attached hydrogens (tertiary/aromatic N) is 2. The topological polar surface area (TPSA) is 115 Å². The highest BCUT2D eigenvalue weighted by molar-refractivity contribution is 9.10. The molecule has 25 heavy (non-hydrogen) atoms. The average Bonchev–Trinajstić information content (AvgIpc) is 3.24. The number of carbonyl (C=O) groups is 1. The van der Waals surface area contributed by atoms with E-state index in [0.717, 1.165) is 0 Å². The van der Waals surface area contributed by atoms with E-state index in [1.807, 2.05) is 0 Å². The monoisotopic (exact) mass is 425 g/mol. The zero-order valence-corrected chi connectivity index (χ0v) is 15.3. The first-order valence-electron chi connectivity index (χ1n) is 7.12. The molecule has 0 atom stereocenters. The molecule has 0 saturated heterocycles. The molecule has 0 aliphatic heterocycles. The number of sulfone groups is 1. The SMILES string of the molecule is CCS(=O)(=O)c1ccc(-c2nnc(NC(=O)c3ccc(Br)o3)o2)cc1. The summed E-state index contributed by atoms with van der Waals surface area (Å²) in [5.41, 5.74) is 0.531. The fraction of sp³-hybridized carbons (Fsp3) is 0.133. The fourth-order valence-corrected chi connectivity index (χ4v) is 3.15. The Balaban J connectivity index is 1.76. The van der Waals surface area contributed by atoms with Crippen molar-refractivity contribution in [2.45, 2.75) is 11.8 Å². The van der Waals surface area contributed by atoms with E-state index < -0.39 is 15.7 Å². The molecule has 0 radical (unpaired) electrons. The average molecular weight is 426 g/mol. The minimum Gasteiger partial charge on any atom is -0.444 e. The van der Waals surface area contributed by atoms with E-state index in [2.05, 4.69) is 31.4 Å². The highest BCUT2D eigenvalue weighted by Gasteiger charge is 2.16. The molecule has 0 aliphatic rings. The second-order valence-electron chi connectivity index (χ2n) is 4.90. The number of halogens is 1. The normalized spacial score (nSPS) is 11.4. The van der Waals surface area contributed by atoms with E-state index in [0.29, 0.717) is 10.2 Å². The predicted octanol–water partition coefficient (Wildman–Crippen LogP) is 3.14. The van der Waals surface area contributed by atoms with Crippen molar-refractivity contribution in [2.24, 2.45) is 0 Å². The van der Waals surface area contributed by atoms with Gasteiger partial charge in [0.2, 0.25) is 5.89 Å². The molecule has 1 N–H and O–H groups in total. The maximum absolute atomic E-state index is 11.9. The summed E-state index contributed by atoms with van der Waals surface area (Å²) in [5, 5.41) is 9.98. The van der Waals surface area contributed by atoms with Crippen LogP contribution in [-0.4, -0.2) is 30.3 Å². The molecule has 0 bridgehead atoms. The van der Waals surface area contributed by atoms with Gasteiger partial charge >= 0.3 is 6.01 Å². The number of rotatable bonds is 5. The van der Waals surface area contributed by atoms with Crippen LogP contribution in [0.25, 0.3) is 11.5 Å². The maximum atomic E-state index is 11.9. The molecule has 0 aliphatic carbocycles. The Kier molecular flexibility index (Phi) is 4.73. The van der Waals surface area contributed by atoms with Crippen LogP contribution in [0, 0.1) is 0 Å². The summed E-state index contributed by atoms with van der Waals surface area (Å²) in [6, 6.07) is 9.03. The Labute approximate surface area is 151 Å². The van der Waals surface area contributed by atoms with E-state index in [-0.39, 0.29) is 28.3 Å². The molecule has 1 aromatic carbocycles. The third-order valence-electron chi connectivity index (χ3n) is 3.28. The van der Waals surface area contributed by atoms with Crippen LogP contribution in [0.2, 0.25) is 0 Å². The van der Waals surface area contributed by atoms with Crippen LogP contribution in [-0.2, 0) is 9.84 Å². The lowest BCUT2D eigenvalue weighted by Gasteiger charge is -2.01. The summed E-state index contributed by atoms with van der Waals surface area (Å²) in [7, 11) is -3.27. The summed E-state index contributed by atoms with van der Waals surface area (Å²) in [6.45, 7) is 1.58. The molecular weight excluding hydrogens is 414 g/mol. The van der Waals surface area contributed by atoms with Gasteiger partial charge in [0.15, 0.2) is 20.3 Å². The van der Waals surface area contributed by atoms with Crippen LogP contribution in [0.5, 0.6) is 0 Å². The van der Waals surface area contributed by atoms with Gasteiger partial charge in [0.1, 0.15) is 0 Å². The number of benzene rings is 1. The van der Waals surface area contributed by atoms with E-state index in [4.69, 9.17) is 8.83 Å². The molecule has 0 fully saturated rings. The van der Waals surface area contributed by atoms with Gasteiger partial charge in [-0.2, -0.15) is 0 Å². The molecule has 3 aromatic rings. The van der Waals surface area contributed by atoms with Gasteiger partial charge in [0.05, 0.1) is 10.6 Å². The van der Waals surface area contributed by atoms with Gasteiger partial charge in [0.25, 0.3) is 5.91 Å². The number of hydrogen-bond donors (Lipinski definition) is 1. The van der Waals surface area contributed by atoms with Crippen molar-refractivity contribution in [1.29, 1.82) is 0 Å². The number of aromatic nitrogens is 2. The molecule has 2 heterocycles. The zero-order chi connectivity index (χ0) is 18.0. The number of nitrogens with one attached hydrogen (secondary N) is 1. The van der Waals surface area contributed by atoms with Crippen LogP contribution in [0.3, 0.4) is 0 Å². The third kappa shape index (κ3) is 3.80. The van der Waals surface area contributed by atoms with Crippen LogP contribution < -0.4 is 5.32 Å². The maximum Gasteiger partial charge on any atom is 0.322 e. The van der Waals surface area contributed by atoms with Crippen LogP contribution >= 0.6 is 15.9 Å². The van der Waals surface area contributed by atoms with Crippen molar-refractivity contribution >= 4 is 37.7 Å². The highest BCUT2D eigenvalue weighted by Crippen LogP contribution is 2.23. The molecule has 1 amide bonds. The van der Waals surface area contributed by atoms with E-state index >= 15 is 0 Å². The summed E-state index contributed by atoms with van der Waals surface area (Å²) < 4.78 is 34.5. The Morgan fingerprint density at radius 2 is 1.84 bits per heavy atom. The molecule has 2 aromatic heterocycles. The second-order valence-corrected chi connectivity index (χ2v) is 7.96. The van der Waals surface area contributed by atoms with Crippen LogP contribution in [0.4, 0.5) is 6.01 Å². The summed E-state index contributed by atoms with van der Waals surface area (Å²) >= 11 is 3.10. The van der Waals surface area contributed by atoms with Crippen molar-refractivity contribution in [3.8, 4) is 11.5 Å². The molecule has 130 valence electrons. The highest BCUT2D eigenvalue weighted by atomic mass is 79.9. The Morgan fingerprint density at radius 1 is 1.12 bits per heavy atom. The fourth-order valence-electron chi connectivity index (χ4n) is 1.96. The number of carbonyl (C=O) groups excluding carboxylic acids is 1. The van der Waals surface area contributed by atoms with Crippen molar-refractivity contribution in [3.63, 3.8) is 0 Å². The van der Waals surface area contributed by atoms with Gasteiger partial charge in [-0.05, 0) is 52.3 Å². The van der Waals surface area contributed by atoms with Gasteiger partial charge in [-0.3, -0.25) is 10.1 Å². The minimum absolute atomic E-state index is 0.0198. The first-order valence-corrected chi connectivity index (χ1v) is 9.57. The van der Waals surface area contributed by atoms with Crippen molar-refractivity contribution < 1.29 is 22.0 Å². The number of hydrogen-bond acceptors (Lipinski definition) is 7. The number of anilines is 1. The van der Waals surface area contributed by atoms with Gasteiger partial charge in [-0.25, -0.2) is 8.42 Å². The van der Waals surface area contributed by atoms with Gasteiger partial charge < -0.3 is 8.83 Å². The van der Waals surface area contributed by atoms with E-state index in [9.17, 15) is 13.2 Å². The van der Waals surface area contributed by atoms with E-state index in [1.165, 1.54) is 18.2 Å². The van der Waals surface area contributed by atoms with Crippen LogP contribution in [0.15, 0.2) is 54.8 Å². The van der Waals surface area contributed by atoms with Crippen molar-refractivity contribution in [2.75, 3.05) is 11.1 Å². The molecule has 3 rings (SSSR count). The molecule has 0 saturated carbocycles. The number of furan rings is 1. The number of amides is 1. The lowest BCUT2D eigenvalue weighted by molar-refractivity contribution is 0.0992. The molecular formula is C15H12BrN3O5S. The zero-order valence-electron chi connectivity index (χ0n) is 12.9. The minimum atomic E-state index is -3.27. The van der Waals surface area contributed by atoms with Crippen molar-refractivity contribution in [1.82, 2.24) is 10.2 Å². The Bertz CT molecular complexity index is 1010. The smallest absolute Gasteiger partial charge is 0.322 e. The summed E-state index contributed by atoms with van der Waals surface area (Å²) in [6.07, 6.45) is 0. The van der Waals surface area contributed by atoms with E-state index in [1.54, 1.807) is 25.1 Å². The Hall–Kier alpha value is -2.46. The van der Waals surface area contributed by atoms with Crippen LogP contribution in [0.1, 0.15) is 17.5 Å². The quantitative estimate of drug-likeness (QED) is 0.667. The van der Waals surface area contributed by atoms with Gasteiger partial charge in [0, 0.05) is 5.56 Å². The lowest BCUT2D eigenvalue weighted by Crippen LogP contribution is -2.10. The summed E-state index contributed by atoms with van der Waals surface area (Å²) in [4.78, 5) is 12.2. The van der Waals surface area contributed by atoms with Gasteiger partial charge in [-0.15, -0.1) is 5.10 Å². The first-order chi connectivity index (χ1) is 11.9. The first kappa shape index (κ1) is 17.4. The van der Waals surface area contributed by atoms with Crippen molar-refractivity contribution in [3.05, 3.63) is 46.8 Å². The third-order valence-corrected chi connectivity index (χ3v) is 5.46. The lowest BCUT2D eigenvalue weighted by atomic mass is 10.2. The molecule has 0 spiro atoms. The molecule has 8 nitrogen and oxygen atoms in total. The van der Waals surface area contributed by atoms with Gasteiger partial charge in [-0.1, -0.05) is 12.0 Å². The molecule has 0 unspecified atom stereocenters. The Morgan fingerprint density at radius 3 is 2.44 bits per heavy atom. The standard InChI is InChI=1S/C15H12BrN3O5S/c1-2-25(21,22)10-5-3-9(4-6-10)14-18-19-15(24-14)17-13(20)11-7-8-12(16)23-11/h3-8H,2H2,1H3,(H,17,19,20). The molecule has 10 heteroatoms. The predicted molar refractivity (Wildman–Crippen MR) is 91.8 cm³/mol.